The van der Waals surface area contributed by atoms with Crippen LogP contribution in [0.1, 0.15) is 33.3 Å². The summed E-state index contributed by atoms with van der Waals surface area (Å²) in [5, 5.41) is 3.42. The summed E-state index contributed by atoms with van der Waals surface area (Å²) in [4.78, 5) is 0. The molecule has 0 atom stereocenters. The zero-order chi connectivity index (χ0) is 14.4. The van der Waals surface area contributed by atoms with Gasteiger partial charge in [-0.15, -0.1) is 0 Å². The smallest absolute Gasteiger partial charge is 0.130 e. The minimum Gasteiger partial charge on any atom is -0.313 e. The van der Waals surface area contributed by atoms with Gasteiger partial charge in [0, 0.05) is 16.6 Å². The van der Waals surface area contributed by atoms with Gasteiger partial charge in [-0.05, 0) is 36.6 Å². The van der Waals surface area contributed by atoms with E-state index in [1.54, 1.807) is 6.07 Å². The lowest BCUT2D eigenvalue weighted by molar-refractivity contribution is 0.558. The largest absolute Gasteiger partial charge is 0.313 e. The van der Waals surface area contributed by atoms with Gasteiger partial charge in [0.05, 0.1) is 0 Å². The fourth-order valence-corrected chi connectivity index (χ4v) is 2.13. The average Bonchev–Trinajstić information content (AvgIpc) is 2.31. The Balaban J connectivity index is 2.85. The molecule has 0 fully saturated rings. The molecule has 1 rings (SSSR count). The summed E-state index contributed by atoms with van der Waals surface area (Å²) >= 11 is 3.38. The maximum atomic E-state index is 13.8. The van der Waals surface area contributed by atoms with Crippen molar-refractivity contribution >= 4 is 22.0 Å². The first-order valence-electron chi connectivity index (χ1n) is 6.76. The SMILES string of the molecule is CC(C)CNCC(=Cc1cc(Br)ccc1F)C(C)C. The Labute approximate surface area is 124 Å². The number of rotatable bonds is 6. The molecule has 106 valence electrons. The van der Waals surface area contributed by atoms with Crippen LogP contribution in [0.2, 0.25) is 0 Å². The van der Waals surface area contributed by atoms with Gasteiger partial charge in [0.15, 0.2) is 0 Å². The maximum absolute atomic E-state index is 13.8. The number of hydrogen-bond acceptors (Lipinski definition) is 1. The monoisotopic (exact) mass is 327 g/mol. The van der Waals surface area contributed by atoms with E-state index in [1.807, 2.05) is 12.1 Å². The maximum Gasteiger partial charge on any atom is 0.130 e. The third kappa shape index (κ3) is 5.87. The van der Waals surface area contributed by atoms with Crippen LogP contribution < -0.4 is 5.32 Å². The first-order valence-corrected chi connectivity index (χ1v) is 7.55. The van der Waals surface area contributed by atoms with Gasteiger partial charge < -0.3 is 5.32 Å². The van der Waals surface area contributed by atoms with E-state index in [9.17, 15) is 4.39 Å². The van der Waals surface area contributed by atoms with E-state index in [-0.39, 0.29) is 5.82 Å². The Morgan fingerprint density at radius 3 is 2.58 bits per heavy atom. The van der Waals surface area contributed by atoms with Gasteiger partial charge in [0.1, 0.15) is 5.82 Å². The highest BCUT2D eigenvalue weighted by Crippen LogP contribution is 2.20. The van der Waals surface area contributed by atoms with E-state index >= 15 is 0 Å². The highest BCUT2D eigenvalue weighted by Gasteiger charge is 2.07. The molecule has 0 bridgehead atoms. The summed E-state index contributed by atoms with van der Waals surface area (Å²) in [5.74, 6) is 0.847. The van der Waals surface area contributed by atoms with Gasteiger partial charge in [0.2, 0.25) is 0 Å². The summed E-state index contributed by atoms with van der Waals surface area (Å²) in [5.41, 5.74) is 1.86. The third-order valence-electron chi connectivity index (χ3n) is 2.92. The molecule has 0 unspecified atom stereocenters. The lowest BCUT2D eigenvalue weighted by atomic mass is 10.00. The highest BCUT2D eigenvalue weighted by atomic mass is 79.9. The summed E-state index contributed by atoms with van der Waals surface area (Å²) < 4.78 is 14.7. The second kappa shape index (κ2) is 7.81. The van der Waals surface area contributed by atoms with Crippen LogP contribution in [0.15, 0.2) is 28.2 Å². The molecular formula is C16H23BrFN. The van der Waals surface area contributed by atoms with Gasteiger partial charge in [-0.2, -0.15) is 0 Å². The topological polar surface area (TPSA) is 12.0 Å². The molecule has 0 aliphatic heterocycles. The van der Waals surface area contributed by atoms with Crippen LogP contribution in [-0.4, -0.2) is 13.1 Å². The standard InChI is InChI=1S/C16H23BrFN/c1-11(2)9-19-10-14(12(3)4)7-13-8-15(17)5-6-16(13)18/h5-8,11-12,19H,9-10H2,1-4H3. The van der Waals surface area contributed by atoms with Crippen molar-refractivity contribution in [2.24, 2.45) is 11.8 Å². The minimum atomic E-state index is -0.176. The van der Waals surface area contributed by atoms with Crippen molar-refractivity contribution in [3.05, 3.63) is 39.6 Å². The van der Waals surface area contributed by atoms with Crippen molar-refractivity contribution in [3.63, 3.8) is 0 Å². The molecule has 0 radical (unpaired) electrons. The highest BCUT2D eigenvalue weighted by molar-refractivity contribution is 9.10. The van der Waals surface area contributed by atoms with Crippen LogP contribution in [0.5, 0.6) is 0 Å². The molecule has 0 spiro atoms. The molecular weight excluding hydrogens is 305 g/mol. The van der Waals surface area contributed by atoms with Crippen molar-refractivity contribution in [1.82, 2.24) is 5.32 Å². The van der Waals surface area contributed by atoms with E-state index < -0.39 is 0 Å². The van der Waals surface area contributed by atoms with Crippen LogP contribution in [0, 0.1) is 17.7 Å². The molecule has 0 saturated carbocycles. The van der Waals surface area contributed by atoms with Crippen LogP contribution >= 0.6 is 15.9 Å². The quantitative estimate of drug-likeness (QED) is 0.785. The molecule has 0 aliphatic rings. The van der Waals surface area contributed by atoms with Crippen molar-refractivity contribution in [3.8, 4) is 0 Å². The molecule has 1 nitrogen and oxygen atoms in total. The minimum absolute atomic E-state index is 0.176. The van der Waals surface area contributed by atoms with Gasteiger partial charge in [-0.25, -0.2) is 4.39 Å². The zero-order valence-corrected chi connectivity index (χ0v) is 13.7. The van der Waals surface area contributed by atoms with Crippen LogP contribution in [0.3, 0.4) is 0 Å². The van der Waals surface area contributed by atoms with E-state index in [0.717, 1.165) is 17.6 Å². The van der Waals surface area contributed by atoms with Crippen LogP contribution in [0.25, 0.3) is 6.08 Å². The Morgan fingerprint density at radius 1 is 1.32 bits per heavy atom. The fraction of sp³-hybridized carbons (Fsp3) is 0.500. The van der Waals surface area contributed by atoms with Gasteiger partial charge in [0.25, 0.3) is 0 Å². The third-order valence-corrected chi connectivity index (χ3v) is 3.42. The molecule has 1 N–H and O–H groups in total. The Bertz CT molecular complexity index is 438. The van der Waals surface area contributed by atoms with Gasteiger partial charge in [-0.1, -0.05) is 55.3 Å². The van der Waals surface area contributed by atoms with Crippen molar-refractivity contribution in [2.45, 2.75) is 27.7 Å². The Kier molecular flexibility index (Phi) is 6.73. The number of nitrogens with one attached hydrogen (secondary N) is 1. The molecule has 1 aromatic rings. The summed E-state index contributed by atoms with van der Waals surface area (Å²) in [6, 6.07) is 5.04. The molecule has 0 saturated heterocycles. The predicted molar refractivity (Wildman–Crippen MR) is 84.6 cm³/mol. The Morgan fingerprint density at radius 2 is 2.00 bits per heavy atom. The summed E-state index contributed by atoms with van der Waals surface area (Å²) in [6.45, 7) is 10.4. The van der Waals surface area contributed by atoms with Crippen molar-refractivity contribution in [1.29, 1.82) is 0 Å². The molecule has 0 aliphatic carbocycles. The molecule has 0 amide bonds. The fourth-order valence-electron chi connectivity index (χ4n) is 1.75. The van der Waals surface area contributed by atoms with Crippen molar-refractivity contribution < 1.29 is 4.39 Å². The number of benzene rings is 1. The first-order chi connectivity index (χ1) is 8.90. The first kappa shape index (κ1) is 16.4. The normalized spacial score (nSPS) is 12.5. The molecule has 0 heterocycles. The predicted octanol–water partition coefficient (Wildman–Crippen LogP) is 4.87. The zero-order valence-electron chi connectivity index (χ0n) is 12.1. The summed E-state index contributed by atoms with van der Waals surface area (Å²) in [6.07, 6.45) is 1.96. The lowest BCUT2D eigenvalue weighted by Crippen LogP contribution is -2.23. The number of hydrogen-bond donors (Lipinski definition) is 1. The molecule has 3 heteroatoms. The average molecular weight is 328 g/mol. The number of halogens is 2. The second-order valence-corrected chi connectivity index (χ2v) is 6.48. The van der Waals surface area contributed by atoms with E-state index in [2.05, 4.69) is 48.9 Å². The summed E-state index contributed by atoms with van der Waals surface area (Å²) in [7, 11) is 0. The van der Waals surface area contributed by atoms with Gasteiger partial charge >= 0.3 is 0 Å². The van der Waals surface area contributed by atoms with Crippen LogP contribution in [0.4, 0.5) is 4.39 Å². The van der Waals surface area contributed by atoms with E-state index in [4.69, 9.17) is 0 Å². The Hall–Kier alpha value is -0.670. The van der Waals surface area contributed by atoms with Crippen molar-refractivity contribution in [2.75, 3.05) is 13.1 Å². The molecule has 1 aromatic carbocycles. The van der Waals surface area contributed by atoms with Crippen LogP contribution in [-0.2, 0) is 0 Å². The van der Waals surface area contributed by atoms with E-state index in [1.165, 1.54) is 11.6 Å². The molecule has 0 aromatic heterocycles. The van der Waals surface area contributed by atoms with Gasteiger partial charge in [-0.3, -0.25) is 0 Å². The molecule has 19 heavy (non-hydrogen) atoms. The lowest BCUT2D eigenvalue weighted by Gasteiger charge is -2.14. The second-order valence-electron chi connectivity index (χ2n) is 5.56. The van der Waals surface area contributed by atoms with E-state index in [0.29, 0.717) is 17.4 Å².